The monoisotopic (exact) mass is 278 g/mol. The van der Waals surface area contributed by atoms with Crippen LogP contribution in [0, 0.1) is 12.7 Å². The minimum absolute atomic E-state index is 0.0765. The fraction of sp³-hybridized carbons (Fsp3) is 0.133. The third kappa shape index (κ3) is 3.32. The summed E-state index contributed by atoms with van der Waals surface area (Å²) < 4.78 is 18.8. The molecule has 2 nitrogen and oxygen atoms in total. The Balaban J connectivity index is 2.14. The van der Waals surface area contributed by atoms with Gasteiger partial charge in [0.1, 0.15) is 18.2 Å². The molecule has 19 heavy (non-hydrogen) atoms. The fourth-order valence-electron chi connectivity index (χ4n) is 1.68. The molecule has 0 bridgehead atoms. The van der Waals surface area contributed by atoms with Gasteiger partial charge in [-0.2, -0.15) is 0 Å². The lowest BCUT2D eigenvalue weighted by atomic mass is 10.1. The number of aryl methyl sites for hydroxylation is 1. The molecule has 0 aliphatic carbocycles. The van der Waals surface area contributed by atoms with Crippen LogP contribution in [0.15, 0.2) is 36.4 Å². The second kappa shape index (κ2) is 5.85. The Hall–Kier alpha value is -1.87. The topological polar surface area (TPSA) is 26.3 Å². The summed E-state index contributed by atoms with van der Waals surface area (Å²) in [6, 6.07) is 9.80. The van der Waals surface area contributed by atoms with E-state index in [2.05, 4.69) is 0 Å². The molecule has 0 heterocycles. The van der Waals surface area contributed by atoms with Gasteiger partial charge in [0.25, 0.3) is 0 Å². The first-order valence-electron chi connectivity index (χ1n) is 5.72. The Morgan fingerprint density at radius 1 is 1.26 bits per heavy atom. The molecule has 0 atom stereocenters. The second-order valence-electron chi connectivity index (χ2n) is 4.20. The van der Waals surface area contributed by atoms with Gasteiger partial charge < -0.3 is 4.74 Å². The van der Waals surface area contributed by atoms with Gasteiger partial charge in [0, 0.05) is 0 Å². The Morgan fingerprint density at radius 2 is 2.05 bits per heavy atom. The number of carbonyl (C=O) groups is 1. The highest BCUT2D eigenvalue weighted by atomic mass is 35.5. The second-order valence-corrected chi connectivity index (χ2v) is 4.60. The molecule has 0 aliphatic heterocycles. The molecule has 98 valence electrons. The number of hydrogen-bond donors (Lipinski definition) is 0. The highest BCUT2D eigenvalue weighted by Crippen LogP contribution is 2.21. The smallest absolute Gasteiger partial charge is 0.153 e. The zero-order valence-corrected chi connectivity index (χ0v) is 11.1. The van der Waals surface area contributed by atoms with E-state index < -0.39 is 5.82 Å². The Labute approximate surface area is 115 Å². The van der Waals surface area contributed by atoms with Crippen molar-refractivity contribution in [1.29, 1.82) is 0 Å². The molecule has 2 aromatic rings. The van der Waals surface area contributed by atoms with Gasteiger partial charge in [-0.25, -0.2) is 4.39 Å². The standard InChI is InChI=1S/C15H12ClFO2/c1-10-2-5-15(12(6-10)8-18)19-9-11-3-4-13(16)14(17)7-11/h2-8H,9H2,1H3. The first-order valence-corrected chi connectivity index (χ1v) is 6.10. The predicted octanol–water partition coefficient (Wildman–Crippen LogP) is 4.18. The molecule has 0 amide bonds. The Kier molecular flexibility index (Phi) is 4.17. The first kappa shape index (κ1) is 13.6. The van der Waals surface area contributed by atoms with Crippen LogP contribution < -0.4 is 4.74 Å². The number of ether oxygens (including phenoxy) is 1. The van der Waals surface area contributed by atoms with Gasteiger partial charge in [-0.3, -0.25) is 4.79 Å². The first-order chi connectivity index (χ1) is 9.10. The van der Waals surface area contributed by atoms with E-state index in [1.54, 1.807) is 18.2 Å². The molecule has 0 spiro atoms. The summed E-state index contributed by atoms with van der Waals surface area (Å²) >= 11 is 5.60. The zero-order chi connectivity index (χ0) is 13.8. The highest BCUT2D eigenvalue weighted by Gasteiger charge is 2.05. The number of benzene rings is 2. The van der Waals surface area contributed by atoms with Gasteiger partial charge in [0.2, 0.25) is 0 Å². The molecular formula is C15H12ClFO2. The van der Waals surface area contributed by atoms with Crippen LogP contribution in [-0.2, 0) is 6.61 Å². The van der Waals surface area contributed by atoms with Crippen molar-refractivity contribution in [3.63, 3.8) is 0 Å². The van der Waals surface area contributed by atoms with E-state index in [1.807, 2.05) is 13.0 Å². The highest BCUT2D eigenvalue weighted by molar-refractivity contribution is 6.30. The van der Waals surface area contributed by atoms with Gasteiger partial charge in [0.15, 0.2) is 6.29 Å². The van der Waals surface area contributed by atoms with Crippen LogP contribution in [0.2, 0.25) is 5.02 Å². The van der Waals surface area contributed by atoms with Crippen molar-refractivity contribution >= 4 is 17.9 Å². The number of halogens is 2. The number of hydrogen-bond acceptors (Lipinski definition) is 2. The van der Waals surface area contributed by atoms with Crippen molar-refractivity contribution in [3.8, 4) is 5.75 Å². The zero-order valence-electron chi connectivity index (χ0n) is 10.3. The van der Waals surface area contributed by atoms with Crippen molar-refractivity contribution < 1.29 is 13.9 Å². The van der Waals surface area contributed by atoms with E-state index in [9.17, 15) is 9.18 Å². The summed E-state index contributed by atoms with van der Waals surface area (Å²) in [6.45, 7) is 2.07. The van der Waals surface area contributed by atoms with Crippen LogP contribution in [-0.4, -0.2) is 6.29 Å². The van der Waals surface area contributed by atoms with E-state index in [0.717, 1.165) is 11.8 Å². The summed E-state index contributed by atoms with van der Waals surface area (Å²) in [5, 5.41) is 0.0765. The van der Waals surface area contributed by atoms with Gasteiger partial charge in [-0.05, 0) is 36.8 Å². The average molecular weight is 279 g/mol. The van der Waals surface area contributed by atoms with Crippen LogP contribution in [0.4, 0.5) is 4.39 Å². The molecule has 0 aromatic heterocycles. The van der Waals surface area contributed by atoms with Crippen LogP contribution in [0.3, 0.4) is 0 Å². The molecule has 0 aliphatic rings. The molecule has 0 radical (unpaired) electrons. The van der Waals surface area contributed by atoms with E-state index >= 15 is 0 Å². The maximum Gasteiger partial charge on any atom is 0.153 e. The lowest BCUT2D eigenvalue weighted by molar-refractivity contribution is 0.111. The molecule has 0 unspecified atom stereocenters. The minimum Gasteiger partial charge on any atom is -0.488 e. The van der Waals surface area contributed by atoms with Crippen molar-refractivity contribution in [2.45, 2.75) is 13.5 Å². The third-order valence-corrected chi connectivity index (χ3v) is 2.98. The van der Waals surface area contributed by atoms with E-state index in [4.69, 9.17) is 16.3 Å². The number of carbonyl (C=O) groups excluding carboxylic acids is 1. The number of rotatable bonds is 4. The quantitative estimate of drug-likeness (QED) is 0.784. The summed E-state index contributed by atoms with van der Waals surface area (Å²) in [5.74, 6) is -0.00163. The lowest BCUT2D eigenvalue weighted by Crippen LogP contribution is -1.99. The van der Waals surface area contributed by atoms with Gasteiger partial charge in [-0.15, -0.1) is 0 Å². The maximum absolute atomic E-state index is 13.3. The van der Waals surface area contributed by atoms with E-state index in [1.165, 1.54) is 12.1 Å². The summed E-state index contributed by atoms with van der Waals surface area (Å²) in [5.41, 5.74) is 2.11. The molecule has 0 N–H and O–H groups in total. The van der Waals surface area contributed by atoms with Crippen LogP contribution in [0.25, 0.3) is 0 Å². The lowest BCUT2D eigenvalue weighted by Gasteiger charge is -2.09. The number of aldehydes is 1. The van der Waals surface area contributed by atoms with Crippen LogP contribution in [0.1, 0.15) is 21.5 Å². The molecule has 4 heteroatoms. The van der Waals surface area contributed by atoms with Gasteiger partial charge >= 0.3 is 0 Å². The molecule has 2 aromatic carbocycles. The van der Waals surface area contributed by atoms with Crippen molar-refractivity contribution in [3.05, 3.63) is 63.9 Å². The molecule has 0 saturated heterocycles. The fourth-order valence-corrected chi connectivity index (χ4v) is 1.80. The van der Waals surface area contributed by atoms with E-state index in [-0.39, 0.29) is 11.6 Å². The van der Waals surface area contributed by atoms with Gasteiger partial charge in [0.05, 0.1) is 10.6 Å². The molecule has 0 fully saturated rings. The van der Waals surface area contributed by atoms with Crippen molar-refractivity contribution in [2.75, 3.05) is 0 Å². The van der Waals surface area contributed by atoms with Crippen LogP contribution >= 0.6 is 11.6 Å². The minimum atomic E-state index is -0.484. The summed E-state index contributed by atoms with van der Waals surface area (Å²) in [6.07, 6.45) is 0.741. The molecule has 2 rings (SSSR count). The van der Waals surface area contributed by atoms with Crippen molar-refractivity contribution in [2.24, 2.45) is 0 Å². The summed E-state index contributed by atoms with van der Waals surface area (Å²) in [7, 11) is 0. The maximum atomic E-state index is 13.3. The normalized spacial score (nSPS) is 10.3. The van der Waals surface area contributed by atoms with E-state index in [0.29, 0.717) is 16.9 Å². The Morgan fingerprint density at radius 3 is 2.74 bits per heavy atom. The average Bonchev–Trinajstić information content (AvgIpc) is 2.41. The largest absolute Gasteiger partial charge is 0.488 e. The SMILES string of the molecule is Cc1ccc(OCc2ccc(Cl)c(F)c2)c(C=O)c1. The predicted molar refractivity (Wildman–Crippen MR) is 72.3 cm³/mol. The third-order valence-electron chi connectivity index (χ3n) is 2.67. The Bertz CT molecular complexity index is 611. The van der Waals surface area contributed by atoms with Gasteiger partial charge in [-0.1, -0.05) is 29.3 Å². The van der Waals surface area contributed by atoms with Crippen LogP contribution in [0.5, 0.6) is 5.75 Å². The van der Waals surface area contributed by atoms with Crippen molar-refractivity contribution in [1.82, 2.24) is 0 Å². The molecular weight excluding hydrogens is 267 g/mol. The molecule has 0 saturated carbocycles. The summed E-state index contributed by atoms with van der Waals surface area (Å²) in [4.78, 5) is 10.9.